The molecule has 1 aliphatic carbocycles. The third-order valence-electron chi connectivity index (χ3n) is 13.9. The van der Waals surface area contributed by atoms with Crippen molar-refractivity contribution in [3.63, 3.8) is 0 Å². The van der Waals surface area contributed by atoms with Crippen LogP contribution in [0.2, 0.25) is 0 Å². The molecule has 2 aromatic carbocycles. The van der Waals surface area contributed by atoms with Crippen LogP contribution in [0.15, 0.2) is 72.0 Å². The number of nitrogens with zero attached hydrogens (tertiary/aromatic N) is 7. The topological polar surface area (TPSA) is 191 Å². The summed E-state index contributed by atoms with van der Waals surface area (Å²) >= 11 is 0. The molecule has 3 aromatic heterocycles. The number of H-pyrrole nitrogens is 1. The first kappa shape index (κ1) is 43.0. The van der Waals surface area contributed by atoms with Crippen LogP contribution in [0.25, 0.3) is 11.0 Å². The minimum atomic E-state index is -4.71. The number of piperazine rings is 1. The lowest BCUT2D eigenvalue weighted by molar-refractivity contribution is -0.384. The number of pyridine rings is 2. The number of amides is 1. The Balaban J connectivity index is 0.851. The highest BCUT2D eigenvalue weighted by Gasteiger charge is 2.50. The highest BCUT2D eigenvalue weighted by molar-refractivity contribution is 7.90. The molecule has 4 aliphatic heterocycles. The Labute approximate surface area is 374 Å². The van der Waals surface area contributed by atoms with Crippen LogP contribution in [0, 0.1) is 27.2 Å². The second-order valence-electron chi connectivity index (χ2n) is 18.1. The van der Waals surface area contributed by atoms with E-state index in [-0.39, 0.29) is 52.7 Å². The van der Waals surface area contributed by atoms with Crippen LogP contribution in [-0.4, -0.2) is 127 Å². The number of piperidine rings is 1. The lowest BCUT2D eigenvalue weighted by Crippen LogP contribution is -2.55. The van der Waals surface area contributed by atoms with E-state index in [1.54, 1.807) is 30.5 Å². The first-order valence-electron chi connectivity index (χ1n) is 22.1. The number of nitro groups is 1. The number of likely N-dealkylation sites (N-methyl/N-ethyl adjacent to an activating group) is 1. The second-order valence-corrected chi connectivity index (χ2v) is 19.8. The number of nitro benzene ring substituents is 1. The van der Waals surface area contributed by atoms with Gasteiger partial charge in [0.05, 0.1) is 33.9 Å². The van der Waals surface area contributed by atoms with Crippen LogP contribution in [-0.2, 0) is 10.0 Å². The van der Waals surface area contributed by atoms with Gasteiger partial charge in [-0.1, -0.05) is 12.1 Å². The summed E-state index contributed by atoms with van der Waals surface area (Å²) in [7, 11) is -2.65. The zero-order valence-electron chi connectivity index (χ0n) is 35.8. The molecule has 0 bridgehead atoms. The van der Waals surface area contributed by atoms with Gasteiger partial charge in [0.25, 0.3) is 21.6 Å². The number of benzene rings is 2. The quantitative estimate of drug-likeness (QED) is 0.102. The fourth-order valence-corrected chi connectivity index (χ4v) is 11.3. The highest BCUT2D eigenvalue weighted by atomic mass is 32.2. The number of hydrogen-bond acceptors (Lipinski definition) is 14. The largest absolute Gasteiger partial charge is 0.489 e. The van der Waals surface area contributed by atoms with Gasteiger partial charge in [-0.3, -0.25) is 24.7 Å². The number of rotatable bonds is 11. The molecular weight excluding hydrogens is 863 g/mol. The fourth-order valence-electron chi connectivity index (χ4n) is 10.4. The molecule has 0 radical (unpaired) electrons. The van der Waals surface area contributed by atoms with Crippen molar-refractivity contribution in [3.8, 4) is 17.2 Å². The smallest absolute Gasteiger partial charge is 0.297 e. The van der Waals surface area contributed by atoms with Crippen molar-refractivity contribution in [1.29, 1.82) is 0 Å². The Hall–Kier alpha value is -5.96. The average molecular weight is 913 g/mol. The molecule has 65 heavy (non-hydrogen) atoms. The lowest BCUT2D eigenvalue weighted by atomic mass is 9.60. The Kier molecular flexibility index (Phi) is 11.3. The van der Waals surface area contributed by atoms with Gasteiger partial charge in [0.2, 0.25) is 0 Å². The molecule has 3 saturated heterocycles. The molecule has 3 N–H and O–H groups in total. The molecule has 5 aliphatic rings. The summed E-state index contributed by atoms with van der Waals surface area (Å²) in [6.07, 6.45) is 10.2. The standard InChI is InChI=1S/C45H50F2N10O7S/c1-53-14-16-54(17-15-53)26-29-27-63-38-21-33(20-37(57(59)60)41(38)51-29)65(61,62)52-44(58)42-39(64-32-18-28-7-10-48-43(28)50-25-32)19-30(24-49-42)55-12-8-45(9-13-55)22-31(23-45)56-11-3-6-36(56)34-4-2-5-35(46)40(34)47/h2,4-5,7,10,18-21,24-25,29,31,36,51H,3,6,8-9,11-17,22-23,26-27H2,1H3,(H,48,50)(H,52,58)/t29-,36?/m0/s1. The molecule has 10 rings (SSSR count). The van der Waals surface area contributed by atoms with Gasteiger partial charge in [0.1, 0.15) is 18.0 Å². The Morgan fingerprint density at radius 3 is 2.62 bits per heavy atom. The number of carbonyl (C=O) groups is 1. The van der Waals surface area contributed by atoms with Crippen molar-refractivity contribution in [2.45, 2.75) is 61.5 Å². The van der Waals surface area contributed by atoms with Crippen molar-refractivity contribution in [3.05, 3.63) is 100 Å². The fraction of sp³-hybridized carbons (Fsp3) is 0.444. The molecule has 4 fully saturated rings. The van der Waals surface area contributed by atoms with Gasteiger partial charge in [-0.15, -0.1) is 0 Å². The van der Waals surface area contributed by atoms with Crippen molar-refractivity contribution in [2.75, 3.05) is 76.2 Å². The molecule has 17 nitrogen and oxygen atoms in total. The van der Waals surface area contributed by atoms with E-state index < -0.39 is 43.1 Å². The molecule has 2 atom stereocenters. The number of fused-ring (bicyclic) bond motifs is 2. The van der Waals surface area contributed by atoms with Crippen LogP contribution in [0.3, 0.4) is 0 Å². The molecule has 1 spiro atoms. The number of anilines is 2. The van der Waals surface area contributed by atoms with Gasteiger partial charge in [0.15, 0.2) is 34.5 Å². The van der Waals surface area contributed by atoms with Crippen molar-refractivity contribution in [1.82, 2.24) is 34.4 Å². The van der Waals surface area contributed by atoms with E-state index in [0.717, 1.165) is 88.8 Å². The normalized spacial score (nSPS) is 21.7. The van der Waals surface area contributed by atoms with Gasteiger partial charge in [0, 0.05) is 93.2 Å². The molecule has 7 heterocycles. The van der Waals surface area contributed by atoms with E-state index in [1.807, 2.05) is 6.07 Å². The van der Waals surface area contributed by atoms with Crippen LogP contribution in [0.5, 0.6) is 17.2 Å². The van der Waals surface area contributed by atoms with Crippen LogP contribution >= 0.6 is 0 Å². The SMILES string of the molecule is CN1CCN(C[C@H]2COc3cc(S(=O)(=O)NC(=O)c4ncc(N5CCC6(CC5)CC(N5CCCC5c5cccc(F)c5F)C6)cc4Oc4cnc5[nH]ccc5c4)cc([N+](=O)[O-])c3N2)CC1. The van der Waals surface area contributed by atoms with Crippen LogP contribution in [0.1, 0.15) is 60.6 Å². The van der Waals surface area contributed by atoms with Crippen molar-refractivity contribution >= 4 is 44.0 Å². The summed E-state index contributed by atoms with van der Waals surface area (Å²) in [5.74, 6) is -2.43. The third-order valence-corrected chi connectivity index (χ3v) is 15.2. The van der Waals surface area contributed by atoms with Gasteiger partial charge in [-0.25, -0.2) is 31.9 Å². The molecular formula is C45H50F2N10O7S. The Morgan fingerprint density at radius 1 is 1.03 bits per heavy atom. The number of likely N-dealkylation sites (tertiary alicyclic amines) is 1. The molecule has 1 unspecified atom stereocenters. The van der Waals surface area contributed by atoms with E-state index in [0.29, 0.717) is 42.6 Å². The number of hydrogen-bond donors (Lipinski definition) is 3. The summed E-state index contributed by atoms with van der Waals surface area (Å²) < 4.78 is 71.0. The van der Waals surface area contributed by atoms with Crippen molar-refractivity contribution in [2.24, 2.45) is 5.41 Å². The number of halogens is 2. The zero-order chi connectivity index (χ0) is 45.0. The summed E-state index contributed by atoms with van der Waals surface area (Å²) in [5, 5.41) is 16.3. The number of nitrogens with one attached hydrogen (secondary N) is 3. The van der Waals surface area contributed by atoms with E-state index in [1.165, 1.54) is 18.5 Å². The van der Waals surface area contributed by atoms with Gasteiger partial charge in [-0.2, -0.15) is 0 Å². The minimum Gasteiger partial charge on any atom is -0.489 e. The summed E-state index contributed by atoms with van der Waals surface area (Å²) in [5.41, 5.74) is 1.09. The number of carbonyl (C=O) groups excluding carboxylic acids is 1. The average Bonchev–Trinajstić information content (AvgIpc) is 3.97. The maximum absolute atomic E-state index is 14.8. The predicted molar refractivity (Wildman–Crippen MR) is 237 cm³/mol. The van der Waals surface area contributed by atoms with Crippen LogP contribution < -0.4 is 24.4 Å². The summed E-state index contributed by atoms with van der Waals surface area (Å²) in [6, 6.07) is 11.6. The maximum atomic E-state index is 14.8. The first-order chi connectivity index (χ1) is 31.3. The molecule has 20 heteroatoms. The van der Waals surface area contributed by atoms with E-state index in [2.05, 4.69) is 51.6 Å². The molecule has 1 saturated carbocycles. The van der Waals surface area contributed by atoms with Crippen molar-refractivity contribution < 1.29 is 36.4 Å². The number of aromatic nitrogens is 3. The van der Waals surface area contributed by atoms with Gasteiger partial charge in [-0.05, 0) is 75.7 Å². The molecule has 342 valence electrons. The van der Waals surface area contributed by atoms with Crippen LogP contribution in [0.4, 0.5) is 25.8 Å². The van der Waals surface area contributed by atoms with E-state index >= 15 is 0 Å². The summed E-state index contributed by atoms with van der Waals surface area (Å²) in [4.78, 5) is 46.0. The number of ether oxygens (including phenoxy) is 2. The molecule has 1 amide bonds. The highest BCUT2D eigenvalue weighted by Crippen LogP contribution is 2.54. The maximum Gasteiger partial charge on any atom is 0.297 e. The second kappa shape index (κ2) is 17.1. The minimum absolute atomic E-state index is 0.0129. The van der Waals surface area contributed by atoms with Gasteiger partial charge >= 0.3 is 0 Å². The number of sulfonamides is 1. The monoisotopic (exact) mass is 912 g/mol. The zero-order valence-corrected chi connectivity index (χ0v) is 36.7. The molecule has 5 aromatic rings. The Bertz CT molecular complexity index is 2750. The first-order valence-corrected chi connectivity index (χ1v) is 23.6. The van der Waals surface area contributed by atoms with Gasteiger partial charge < -0.3 is 29.6 Å². The lowest BCUT2D eigenvalue weighted by Gasteiger charge is -2.56. The van der Waals surface area contributed by atoms with E-state index in [4.69, 9.17) is 9.47 Å². The summed E-state index contributed by atoms with van der Waals surface area (Å²) in [6.45, 7) is 6.48. The van der Waals surface area contributed by atoms with E-state index in [9.17, 15) is 32.1 Å². The third kappa shape index (κ3) is 8.55. The predicted octanol–water partition coefficient (Wildman–Crippen LogP) is 6.06. The number of aromatic amines is 1. The Morgan fingerprint density at radius 2 is 1.83 bits per heavy atom.